The minimum atomic E-state index is -0.260. The van der Waals surface area contributed by atoms with Crippen LogP contribution in [0.2, 0.25) is 0 Å². The van der Waals surface area contributed by atoms with Crippen molar-refractivity contribution >= 4 is 0 Å². The molecule has 0 aliphatic heterocycles. The lowest BCUT2D eigenvalue weighted by Gasteiger charge is -2.26. The molecule has 0 aromatic carbocycles. The van der Waals surface area contributed by atoms with Crippen molar-refractivity contribution in [2.45, 2.75) is 44.6 Å². The molecule has 0 bridgehead atoms. The average molecular weight is 178 g/mol. The third-order valence-corrected chi connectivity index (χ3v) is 2.85. The Balaban J connectivity index is 2.33. The summed E-state index contributed by atoms with van der Waals surface area (Å²) in [4.78, 5) is 0. The summed E-state index contributed by atoms with van der Waals surface area (Å²) in [6.45, 7) is 3.71. The minimum absolute atomic E-state index is 0.260. The van der Waals surface area contributed by atoms with Gasteiger partial charge in [0.1, 0.15) is 0 Å². The maximum absolute atomic E-state index is 9.82. The van der Waals surface area contributed by atoms with Crippen LogP contribution < -0.4 is 0 Å². The Labute approximate surface area is 80.9 Å². The molecule has 0 aromatic rings. The van der Waals surface area contributed by atoms with Crippen LogP contribution in [-0.2, 0) is 0 Å². The molecule has 0 amide bonds. The van der Waals surface area contributed by atoms with Crippen LogP contribution in [0.25, 0.3) is 0 Å². The second-order valence-electron chi connectivity index (χ2n) is 3.92. The summed E-state index contributed by atoms with van der Waals surface area (Å²) in [5.41, 5.74) is 0.720. The number of rotatable bonds is 3. The third kappa shape index (κ3) is 3.24. The summed E-state index contributed by atoms with van der Waals surface area (Å²) >= 11 is 0. The van der Waals surface area contributed by atoms with Crippen LogP contribution >= 0.6 is 0 Å². The van der Waals surface area contributed by atoms with Crippen LogP contribution in [-0.4, -0.2) is 11.2 Å². The van der Waals surface area contributed by atoms with Crippen molar-refractivity contribution in [2.75, 3.05) is 0 Å². The Kier molecular flexibility index (Phi) is 4.05. The van der Waals surface area contributed by atoms with Crippen LogP contribution in [0.1, 0.15) is 38.5 Å². The molecule has 1 aliphatic rings. The van der Waals surface area contributed by atoms with Gasteiger partial charge < -0.3 is 5.11 Å². The molecule has 1 aliphatic carbocycles. The summed E-state index contributed by atoms with van der Waals surface area (Å²) in [5, 5.41) is 9.82. The van der Waals surface area contributed by atoms with Crippen molar-refractivity contribution in [3.63, 3.8) is 0 Å². The molecule has 0 saturated heterocycles. The van der Waals surface area contributed by atoms with Gasteiger partial charge in [0.25, 0.3) is 0 Å². The number of hydrogen-bond acceptors (Lipinski definition) is 1. The monoisotopic (exact) mass is 178 g/mol. The predicted molar refractivity (Wildman–Crippen MR) is 55.2 cm³/mol. The second kappa shape index (κ2) is 5.09. The van der Waals surface area contributed by atoms with Gasteiger partial charge in [-0.15, -0.1) is 6.42 Å². The lowest BCUT2D eigenvalue weighted by atomic mass is 9.83. The molecular formula is C12H18O. The van der Waals surface area contributed by atoms with E-state index in [4.69, 9.17) is 6.42 Å². The van der Waals surface area contributed by atoms with Gasteiger partial charge in [-0.05, 0) is 24.3 Å². The highest BCUT2D eigenvalue weighted by Crippen LogP contribution is 2.28. The van der Waals surface area contributed by atoms with Crippen LogP contribution in [0.5, 0.6) is 0 Å². The van der Waals surface area contributed by atoms with Gasteiger partial charge in [-0.25, -0.2) is 0 Å². The lowest BCUT2D eigenvalue weighted by Crippen LogP contribution is -2.23. The highest BCUT2D eigenvalue weighted by molar-refractivity contribution is 5.21. The van der Waals surface area contributed by atoms with E-state index in [9.17, 15) is 5.11 Å². The van der Waals surface area contributed by atoms with Crippen molar-refractivity contribution < 1.29 is 5.11 Å². The Hall–Kier alpha value is -0.740. The molecule has 0 radical (unpaired) electrons. The summed E-state index contributed by atoms with van der Waals surface area (Å²) in [6, 6.07) is 0. The van der Waals surface area contributed by atoms with E-state index in [-0.39, 0.29) is 6.10 Å². The van der Waals surface area contributed by atoms with Crippen molar-refractivity contribution in [2.24, 2.45) is 5.92 Å². The average Bonchev–Trinajstić information content (AvgIpc) is 2.19. The molecule has 1 rings (SSSR count). The molecule has 1 saturated carbocycles. The molecule has 1 nitrogen and oxygen atoms in total. The van der Waals surface area contributed by atoms with Crippen LogP contribution in [0, 0.1) is 18.3 Å². The van der Waals surface area contributed by atoms with E-state index >= 15 is 0 Å². The Bertz CT molecular complexity index is 206. The van der Waals surface area contributed by atoms with Crippen molar-refractivity contribution in [1.82, 2.24) is 0 Å². The molecular weight excluding hydrogens is 160 g/mol. The molecule has 1 N–H and O–H groups in total. The zero-order chi connectivity index (χ0) is 9.68. The largest absolute Gasteiger partial charge is 0.392 e. The van der Waals surface area contributed by atoms with Gasteiger partial charge in [-0.3, -0.25) is 0 Å². The zero-order valence-electron chi connectivity index (χ0n) is 8.13. The highest BCUT2D eigenvalue weighted by atomic mass is 16.3. The second-order valence-corrected chi connectivity index (χ2v) is 3.92. The van der Waals surface area contributed by atoms with E-state index < -0.39 is 0 Å². The molecule has 0 heterocycles. The van der Waals surface area contributed by atoms with E-state index in [0.29, 0.717) is 12.3 Å². The van der Waals surface area contributed by atoms with Crippen LogP contribution in [0.15, 0.2) is 12.2 Å². The van der Waals surface area contributed by atoms with Crippen molar-refractivity contribution in [1.29, 1.82) is 0 Å². The molecule has 72 valence electrons. The first kappa shape index (κ1) is 10.3. The normalized spacial score (nSPS) is 20.6. The smallest absolute Gasteiger partial charge is 0.0614 e. The van der Waals surface area contributed by atoms with Crippen molar-refractivity contribution in [3.05, 3.63) is 12.2 Å². The fourth-order valence-electron chi connectivity index (χ4n) is 2.00. The molecule has 0 spiro atoms. The van der Waals surface area contributed by atoms with E-state index in [1.807, 2.05) is 0 Å². The van der Waals surface area contributed by atoms with E-state index in [2.05, 4.69) is 12.5 Å². The van der Waals surface area contributed by atoms with Gasteiger partial charge in [0, 0.05) is 6.42 Å². The summed E-state index contributed by atoms with van der Waals surface area (Å²) in [7, 11) is 0. The molecule has 13 heavy (non-hydrogen) atoms. The molecule has 1 heteroatoms. The highest BCUT2D eigenvalue weighted by Gasteiger charge is 2.21. The maximum Gasteiger partial charge on any atom is 0.0614 e. The standard InChI is InChI=1S/C12H18O/c1-3-10(2)9-12(13)11-7-5-4-6-8-11/h1,11-13H,2,4-9H2/t12-/m1/s1. The fraction of sp³-hybridized carbons (Fsp3) is 0.667. The van der Waals surface area contributed by atoms with Crippen LogP contribution in [0.3, 0.4) is 0 Å². The first-order valence-corrected chi connectivity index (χ1v) is 5.06. The number of aliphatic hydroxyl groups is 1. The summed E-state index contributed by atoms with van der Waals surface area (Å²) < 4.78 is 0. The van der Waals surface area contributed by atoms with Gasteiger partial charge >= 0.3 is 0 Å². The summed E-state index contributed by atoms with van der Waals surface area (Å²) in [6.07, 6.45) is 11.6. The van der Waals surface area contributed by atoms with Gasteiger partial charge in [0.05, 0.1) is 6.10 Å². The van der Waals surface area contributed by atoms with E-state index in [1.165, 1.54) is 19.3 Å². The SMILES string of the molecule is C#CC(=C)C[C@@H](O)C1CCCCC1. The first-order valence-electron chi connectivity index (χ1n) is 5.06. The molecule has 0 unspecified atom stereocenters. The zero-order valence-corrected chi connectivity index (χ0v) is 8.13. The summed E-state index contributed by atoms with van der Waals surface area (Å²) in [5.74, 6) is 2.94. The van der Waals surface area contributed by atoms with E-state index in [1.54, 1.807) is 0 Å². The predicted octanol–water partition coefficient (Wildman–Crippen LogP) is 2.51. The van der Waals surface area contributed by atoms with Gasteiger partial charge in [-0.1, -0.05) is 31.8 Å². The lowest BCUT2D eigenvalue weighted by molar-refractivity contribution is 0.0861. The van der Waals surface area contributed by atoms with E-state index in [0.717, 1.165) is 18.4 Å². The minimum Gasteiger partial charge on any atom is -0.392 e. The Morgan fingerprint density at radius 2 is 2.08 bits per heavy atom. The Morgan fingerprint density at radius 3 is 2.62 bits per heavy atom. The molecule has 1 atom stereocenters. The van der Waals surface area contributed by atoms with Crippen LogP contribution in [0.4, 0.5) is 0 Å². The molecule has 0 aromatic heterocycles. The number of hydrogen-bond donors (Lipinski definition) is 1. The number of terminal acetylenes is 1. The third-order valence-electron chi connectivity index (χ3n) is 2.85. The Morgan fingerprint density at radius 1 is 1.46 bits per heavy atom. The quantitative estimate of drug-likeness (QED) is 0.658. The van der Waals surface area contributed by atoms with Gasteiger partial charge in [0.15, 0.2) is 0 Å². The maximum atomic E-state index is 9.82. The topological polar surface area (TPSA) is 20.2 Å². The van der Waals surface area contributed by atoms with Gasteiger partial charge in [0.2, 0.25) is 0 Å². The molecule has 1 fully saturated rings. The van der Waals surface area contributed by atoms with Gasteiger partial charge in [-0.2, -0.15) is 0 Å². The van der Waals surface area contributed by atoms with Crippen molar-refractivity contribution in [3.8, 4) is 12.3 Å². The fourth-order valence-corrected chi connectivity index (χ4v) is 2.00. The number of aliphatic hydroxyl groups excluding tert-OH is 1. The first-order chi connectivity index (χ1) is 6.24.